The SMILES string of the molecule is CCN(CC)C(CNC(=O)C(NC(=O)c1c(F)cccc1F)C(C)C)Cc1ccccc1. The van der Waals surface area contributed by atoms with Gasteiger partial charge in [0.2, 0.25) is 5.91 Å². The van der Waals surface area contributed by atoms with Crippen LogP contribution in [0, 0.1) is 17.6 Å². The van der Waals surface area contributed by atoms with Crippen molar-refractivity contribution in [3.63, 3.8) is 0 Å². The molecular formula is C25H33F2N3O2. The van der Waals surface area contributed by atoms with Gasteiger partial charge < -0.3 is 10.6 Å². The number of nitrogens with one attached hydrogen (secondary N) is 2. The minimum absolute atomic E-state index is 0.0730. The summed E-state index contributed by atoms with van der Waals surface area (Å²) in [7, 11) is 0. The van der Waals surface area contributed by atoms with Gasteiger partial charge in [0.05, 0.1) is 0 Å². The molecule has 2 unspecified atom stereocenters. The molecule has 2 atom stereocenters. The van der Waals surface area contributed by atoms with Crippen molar-refractivity contribution in [2.75, 3.05) is 19.6 Å². The summed E-state index contributed by atoms with van der Waals surface area (Å²) in [5, 5.41) is 5.44. The third-order valence-electron chi connectivity index (χ3n) is 5.58. The zero-order valence-corrected chi connectivity index (χ0v) is 19.2. The molecule has 0 saturated carbocycles. The van der Waals surface area contributed by atoms with Crippen LogP contribution < -0.4 is 10.6 Å². The molecule has 174 valence electrons. The molecule has 5 nitrogen and oxygen atoms in total. The predicted octanol–water partition coefficient (Wildman–Crippen LogP) is 3.79. The minimum Gasteiger partial charge on any atom is -0.353 e. The first-order chi connectivity index (χ1) is 15.3. The average molecular weight is 446 g/mol. The standard InChI is InChI=1S/C25H33F2N3O2/c1-5-30(6-2)19(15-18-11-8-7-9-12-18)16-28-25(32)23(17(3)4)29-24(31)22-20(26)13-10-14-21(22)27/h7-14,17,19,23H,5-6,15-16H2,1-4H3,(H,28,32)(H,29,31). The van der Waals surface area contributed by atoms with Crippen LogP contribution in [-0.4, -0.2) is 48.4 Å². The first kappa shape index (κ1) is 25.5. The van der Waals surface area contributed by atoms with E-state index in [0.717, 1.165) is 31.6 Å². The van der Waals surface area contributed by atoms with Gasteiger partial charge in [-0.1, -0.05) is 64.1 Å². The van der Waals surface area contributed by atoms with Crippen LogP contribution in [0.25, 0.3) is 0 Å². The number of nitrogens with zero attached hydrogens (tertiary/aromatic N) is 1. The molecule has 0 aromatic heterocycles. The zero-order valence-electron chi connectivity index (χ0n) is 19.2. The summed E-state index contributed by atoms with van der Waals surface area (Å²) in [6.07, 6.45) is 0.766. The third kappa shape index (κ3) is 6.85. The second-order valence-electron chi connectivity index (χ2n) is 8.10. The largest absolute Gasteiger partial charge is 0.353 e. The molecule has 0 aliphatic carbocycles. The molecule has 0 aliphatic heterocycles. The van der Waals surface area contributed by atoms with Gasteiger partial charge in [-0.2, -0.15) is 0 Å². The van der Waals surface area contributed by atoms with E-state index in [0.29, 0.717) is 6.54 Å². The highest BCUT2D eigenvalue weighted by molar-refractivity contribution is 5.98. The van der Waals surface area contributed by atoms with Crippen molar-refractivity contribution in [3.8, 4) is 0 Å². The first-order valence-corrected chi connectivity index (χ1v) is 11.1. The summed E-state index contributed by atoms with van der Waals surface area (Å²) in [5.74, 6) is -3.52. The highest BCUT2D eigenvalue weighted by Crippen LogP contribution is 2.14. The quantitative estimate of drug-likeness (QED) is 0.553. The molecule has 0 saturated heterocycles. The molecule has 0 fully saturated rings. The highest BCUT2D eigenvalue weighted by atomic mass is 19.1. The van der Waals surface area contributed by atoms with Crippen molar-refractivity contribution in [3.05, 3.63) is 71.3 Å². The number of likely N-dealkylation sites (N-methyl/N-ethyl adjacent to an activating group) is 1. The number of rotatable bonds is 11. The number of halogens is 2. The van der Waals surface area contributed by atoms with E-state index < -0.39 is 29.1 Å². The van der Waals surface area contributed by atoms with Crippen LogP contribution in [0.1, 0.15) is 43.6 Å². The minimum atomic E-state index is -0.963. The van der Waals surface area contributed by atoms with Crippen molar-refractivity contribution in [1.29, 1.82) is 0 Å². The molecule has 2 aromatic carbocycles. The summed E-state index contributed by atoms with van der Waals surface area (Å²) in [4.78, 5) is 27.7. The van der Waals surface area contributed by atoms with Crippen molar-refractivity contribution in [2.45, 2.75) is 46.2 Å². The van der Waals surface area contributed by atoms with E-state index in [1.807, 2.05) is 18.2 Å². The van der Waals surface area contributed by atoms with Gasteiger partial charge in [-0.05, 0) is 43.1 Å². The van der Waals surface area contributed by atoms with Gasteiger partial charge >= 0.3 is 0 Å². The molecular weight excluding hydrogens is 412 g/mol. The van der Waals surface area contributed by atoms with Crippen LogP contribution >= 0.6 is 0 Å². The Morgan fingerprint density at radius 1 is 0.938 bits per heavy atom. The van der Waals surface area contributed by atoms with Crippen LogP contribution in [-0.2, 0) is 11.2 Å². The molecule has 0 aliphatic rings. The van der Waals surface area contributed by atoms with Crippen molar-refractivity contribution >= 4 is 11.8 Å². The smallest absolute Gasteiger partial charge is 0.257 e. The number of carbonyl (C=O) groups excluding carboxylic acids is 2. The lowest BCUT2D eigenvalue weighted by Crippen LogP contribution is -2.53. The lowest BCUT2D eigenvalue weighted by Gasteiger charge is -2.31. The van der Waals surface area contributed by atoms with Crippen LogP contribution in [0.4, 0.5) is 8.78 Å². The Morgan fingerprint density at radius 3 is 2.06 bits per heavy atom. The fraction of sp³-hybridized carbons (Fsp3) is 0.440. The second kappa shape index (κ2) is 12.3. The van der Waals surface area contributed by atoms with E-state index in [9.17, 15) is 18.4 Å². The molecule has 32 heavy (non-hydrogen) atoms. The maximum absolute atomic E-state index is 14.0. The predicted molar refractivity (Wildman–Crippen MR) is 122 cm³/mol. The molecule has 0 radical (unpaired) electrons. The van der Waals surface area contributed by atoms with E-state index in [4.69, 9.17) is 0 Å². The van der Waals surface area contributed by atoms with E-state index in [1.54, 1.807) is 13.8 Å². The van der Waals surface area contributed by atoms with E-state index in [-0.39, 0.29) is 17.9 Å². The van der Waals surface area contributed by atoms with E-state index in [2.05, 4.69) is 41.5 Å². The van der Waals surface area contributed by atoms with Crippen LogP contribution in [0.15, 0.2) is 48.5 Å². The van der Waals surface area contributed by atoms with Gasteiger partial charge in [0.15, 0.2) is 0 Å². The summed E-state index contributed by atoms with van der Waals surface area (Å²) in [6, 6.07) is 12.4. The molecule has 0 bridgehead atoms. The van der Waals surface area contributed by atoms with Gasteiger partial charge in [-0.25, -0.2) is 8.78 Å². The zero-order chi connectivity index (χ0) is 23.7. The molecule has 2 N–H and O–H groups in total. The van der Waals surface area contributed by atoms with Crippen molar-refractivity contribution < 1.29 is 18.4 Å². The fourth-order valence-corrected chi connectivity index (χ4v) is 3.75. The normalized spacial score (nSPS) is 13.1. The molecule has 2 rings (SSSR count). The lowest BCUT2D eigenvalue weighted by atomic mass is 10.0. The van der Waals surface area contributed by atoms with Crippen LogP contribution in [0.2, 0.25) is 0 Å². The number of carbonyl (C=O) groups is 2. The van der Waals surface area contributed by atoms with Crippen molar-refractivity contribution in [2.24, 2.45) is 5.92 Å². The first-order valence-electron chi connectivity index (χ1n) is 11.1. The Bertz CT molecular complexity index is 866. The third-order valence-corrected chi connectivity index (χ3v) is 5.58. The Hall–Kier alpha value is -2.80. The van der Waals surface area contributed by atoms with Crippen LogP contribution in [0.3, 0.4) is 0 Å². The van der Waals surface area contributed by atoms with E-state index in [1.165, 1.54) is 11.6 Å². The molecule has 7 heteroatoms. The second-order valence-corrected chi connectivity index (χ2v) is 8.10. The fourth-order valence-electron chi connectivity index (χ4n) is 3.75. The van der Waals surface area contributed by atoms with Crippen molar-refractivity contribution in [1.82, 2.24) is 15.5 Å². The maximum Gasteiger partial charge on any atom is 0.257 e. The van der Waals surface area contributed by atoms with Gasteiger partial charge in [0.1, 0.15) is 23.2 Å². The summed E-state index contributed by atoms with van der Waals surface area (Å²) in [6.45, 7) is 9.75. The summed E-state index contributed by atoms with van der Waals surface area (Å²) >= 11 is 0. The topological polar surface area (TPSA) is 61.4 Å². The molecule has 0 heterocycles. The highest BCUT2D eigenvalue weighted by Gasteiger charge is 2.28. The van der Waals surface area contributed by atoms with Gasteiger partial charge in [0, 0.05) is 12.6 Å². The summed E-state index contributed by atoms with van der Waals surface area (Å²) < 4.78 is 27.9. The lowest BCUT2D eigenvalue weighted by molar-refractivity contribution is -0.124. The Balaban J connectivity index is 2.10. The number of amides is 2. The molecule has 2 aromatic rings. The number of hydrogen-bond acceptors (Lipinski definition) is 3. The molecule has 2 amide bonds. The molecule has 0 spiro atoms. The Kier molecular flexibility index (Phi) is 9.78. The number of benzene rings is 2. The van der Waals surface area contributed by atoms with Gasteiger partial charge in [-0.3, -0.25) is 14.5 Å². The van der Waals surface area contributed by atoms with Gasteiger partial charge in [0.25, 0.3) is 5.91 Å². The Labute approximate surface area is 189 Å². The monoisotopic (exact) mass is 445 g/mol. The van der Waals surface area contributed by atoms with E-state index >= 15 is 0 Å². The maximum atomic E-state index is 14.0. The van der Waals surface area contributed by atoms with Gasteiger partial charge in [-0.15, -0.1) is 0 Å². The summed E-state index contributed by atoms with van der Waals surface area (Å²) in [5.41, 5.74) is 0.485. The number of hydrogen-bond donors (Lipinski definition) is 2. The average Bonchev–Trinajstić information content (AvgIpc) is 2.76. The van der Waals surface area contributed by atoms with Crippen LogP contribution in [0.5, 0.6) is 0 Å². The Morgan fingerprint density at radius 2 is 1.53 bits per heavy atom.